The van der Waals surface area contributed by atoms with Crippen LogP contribution in [-0.4, -0.2) is 34.2 Å². The number of carbonyl (C=O) groups excluding carboxylic acids is 1. The number of alkyl halides is 3. The number of nitrogens with zero attached hydrogens (tertiary/aromatic N) is 3. The largest absolute Gasteiger partial charge is 0.435 e. The molecule has 0 radical (unpaired) electrons. The minimum Gasteiger partial charge on any atom is -0.374 e. The third-order valence-electron chi connectivity index (χ3n) is 6.26. The maximum atomic E-state index is 14.3. The Labute approximate surface area is 231 Å². The van der Waals surface area contributed by atoms with Gasteiger partial charge in [0.1, 0.15) is 5.15 Å². The van der Waals surface area contributed by atoms with Crippen molar-refractivity contribution in [1.82, 2.24) is 9.88 Å². The van der Waals surface area contributed by atoms with Crippen LogP contribution >= 0.6 is 34.8 Å². The van der Waals surface area contributed by atoms with Crippen LogP contribution in [0.4, 0.5) is 17.6 Å². The van der Waals surface area contributed by atoms with Gasteiger partial charge in [-0.3, -0.25) is 4.79 Å². The van der Waals surface area contributed by atoms with E-state index in [2.05, 4.69) is 10.1 Å². The number of amides is 1. The Kier molecular flexibility index (Phi) is 7.93. The summed E-state index contributed by atoms with van der Waals surface area (Å²) in [5.41, 5.74) is -1.32. The summed E-state index contributed by atoms with van der Waals surface area (Å²) in [6, 6.07) is 9.69. The van der Waals surface area contributed by atoms with E-state index >= 15 is 0 Å². The first-order valence-electron chi connectivity index (χ1n) is 11.3. The van der Waals surface area contributed by atoms with E-state index in [4.69, 9.17) is 39.6 Å². The fourth-order valence-corrected chi connectivity index (χ4v) is 4.75. The molecule has 1 atom stereocenters. The number of hydrogen-bond donors (Lipinski definition) is 0. The Morgan fingerprint density at radius 3 is 2.34 bits per heavy atom. The fraction of sp³-hybridized carbons (Fsp3) is 0.269. The van der Waals surface area contributed by atoms with Gasteiger partial charge in [0.05, 0.1) is 15.8 Å². The average Bonchev–Trinajstić information content (AvgIpc) is 3.33. The third kappa shape index (κ3) is 5.32. The van der Waals surface area contributed by atoms with Gasteiger partial charge < -0.3 is 9.74 Å². The summed E-state index contributed by atoms with van der Waals surface area (Å²) in [5, 5.41) is 2.92. The van der Waals surface area contributed by atoms with E-state index < -0.39 is 39.6 Å². The van der Waals surface area contributed by atoms with E-state index in [9.17, 15) is 22.4 Å². The maximum absolute atomic E-state index is 14.3. The van der Waals surface area contributed by atoms with Crippen molar-refractivity contribution >= 4 is 46.4 Å². The van der Waals surface area contributed by atoms with Gasteiger partial charge in [0.15, 0.2) is 5.82 Å². The van der Waals surface area contributed by atoms with Gasteiger partial charge in [-0.2, -0.15) is 13.2 Å². The van der Waals surface area contributed by atoms with E-state index in [1.54, 1.807) is 36.2 Å². The monoisotopic (exact) mass is 587 g/mol. The summed E-state index contributed by atoms with van der Waals surface area (Å²) < 4.78 is 56.8. The standard InChI is InChI=1S/C26H20Cl3F4N3O2/c1-3-36(13-15-4-7-22(29)34-12-15)24(37)18-6-5-16(8-14(18)2)21-11-25(38-35-21,26(31,32)33)17-9-19(27)23(30)20(28)10-17/h4-10,12H,3,11,13H2,1-2H3. The molecule has 2 heterocycles. The van der Waals surface area contributed by atoms with Crippen molar-refractivity contribution in [2.75, 3.05) is 6.54 Å². The van der Waals surface area contributed by atoms with E-state index in [-0.39, 0.29) is 11.6 Å². The molecule has 38 heavy (non-hydrogen) atoms. The minimum absolute atomic E-state index is 0.000537. The Balaban J connectivity index is 1.60. The average molecular weight is 589 g/mol. The second-order valence-electron chi connectivity index (χ2n) is 8.72. The Hall–Kier alpha value is -2.88. The summed E-state index contributed by atoms with van der Waals surface area (Å²) in [6.45, 7) is 4.24. The van der Waals surface area contributed by atoms with Gasteiger partial charge in [0, 0.05) is 36.8 Å². The molecule has 0 spiro atoms. The van der Waals surface area contributed by atoms with Crippen LogP contribution in [0.25, 0.3) is 0 Å². The molecule has 5 nitrogen and oxygen atoms in total. The molecule has 0 bridgehead atoms. The molecule has 0 saturated carbocycles. The number of carbonyl (C=O) groups is 1. The van der Waals surface area contributed by atoms with Crippen LogP contribution in [0.5, 0.6) is 0 Å². The van der Waals surface area contributed by atoms with Crippen LogP contribution in [0.3, 0.4) is 0 Å². The van der Waals surface area contributed by atoms with E-state index in [1.165, 1.54) is 12.1 Å². The fourth-order valence-electron chi connectivity index (χ4n) is 4.15. The zero-order valence-corrected chi connectivity index (χ0v) is 22.3. The smallest absolute Gasteiger partial charge is 0.374 e. The number of halogens is 7. The number of oxime groups is 1. The van der Waals surface area contributed by atoms with Gasteiger partial charge >= 0.3 is 6.18 Å². The molecule has 1 amide bonds. The topological polar surface area (TPSA) is 54.8 Å². The third-order valence-corrected chi connectivity index (χ3v) is 7.03. The maximum Gasteiger partial charge on any atom is 0.435 e. The lowest BCUT2D eigenvalue weighted by molar-refractivity contribution is -0.275. The lowest BCUT2D eigenvalue weighted by Gasteiger charge is -2.29. The molecule has 0 fully saturated rings. The van der Waals surface area contributed by atoms with Crippen LogP contribution in [0.2, 0.25) is 15.2 Å². The summed E-state index contributed by atoms with van der Waals surface area (Å²) in [5.74, 6) is -1.28. The molecule has 2 aromatic carbocycles. The molecule has 0 saturated heterocycles. The molecule has 1 unspecified atom stereocenters. The van der Waals surface area contributed by atoms with Crippen molar-refractivity contribution in [3.05, 3.63) is 97.5 Å². The molecular weight excluding hydrogens is 569 g/mol. The number of benzene rings is 2. The molecule has 12 heteroatoms. The van der Waals surface area contributed by atoms with Gasteiger partial charge in [-0.1, -0.05) is 52.1 Å². The van der Waals surface area contributed by atoms with Crippen molar-refractivity contribution in [2.45, 2.75) is 38.6 Å². The summed E-state index contributed by atoms with van der Waals surface area (Å²) in [6.07, 6.45) is -4.04. The lowest BCUT2D eigenvalue weighted by Crippen LogP contribution is -2.42. The van der Waals surface area contributed by atoms with Gasteiger partial charge in [-0.05, 0) is 60.9 Å². The molecule has 3 aromatic rings. The van der Waals surface area contributed by atoms with Crippen molar-refractivity contribution < 1.29 is 27.2 Å². The number of pyridine rings is 1. The molecule has 0 aliphatic carbocycles. The van der Waals surface area contributed by atoms with Crippen LogP contribution < -0.4 is 0 Å². The molecule has 1 aromatic heterocycles. The van der Waals surface area contributed by atoms with E-state index in [1.807, 2.05) is 6.92 Å². The Bertz CT molecular complexity index is 1390. The van der Waals surface area contributed by atoms with Gasteiger partial charge in [-0.15, -0.1) is 0 Å². The number of rotatable bonds is 6. The first kappa shape index (κ1) is 28.1. The number of aryl methyl sites for hydroxylation is 1. The van der Waals surface area contributed by atoms with Gasteiger partial charge in [-0.25, -0.2) is 9.37 Å². The van der Waals surface area contributed by atoms with Crippen molar-refractivity contribution in [1.29, 1.82) is 0 Å². The molecular formula is C26H20Cl3F4N3O2. The highest BCUT2D eigenvalue weighted by Gasteiger charge is 2.62. The van der Waals surface area contributed by atoms with Gasteiger partial charge in [0.25, 0.3) is 11.5 Å². The van der Waals surface area contributed by atoms with Crippen molar-refractivity contribution in [3.63, 3.8) is 0 Å². The minimum atomic E-state index is -4.92. The van der Waals surface area contributed by atoms with Crippen LogP contribution in [0.1, 0.15) is 46.0 Å². The number of aromatic nitrogens is 1. The zero-order valence-electron chi connectivity index (χ0n) is 20.0. The summed E-state index contributed by atoms with van der Waals surface area (Å²) in [4.78, 5) is 23.9. The first-order valence-corrected chi connectivity index (χ1v) is 12.5. The number of hydrogen-bond acceptors (Lipinski definition) is 4. The quantitative estimate of drug-likeness (QED) is 0.168. The van der Waals surface area contributed by atoms with Crippen molar-refractivity contribution in [3.8, 4) is 0 Å². The molecule has 1 aliphatic rings. The predicted molar refractivity (Wildman–Crippen MR) is 137 cm³/mol. The summed E-state index contributed by atoms with van der Waals surface area (Å²) >= 11 is 17.4. The molecule has 0 N–H and O–H groups in total. The van der Waals surface area contributed by atoms with Crippen molar-refractivity contribution in [2.24, 2.45) is 5.16 Å². The van der Waals surface area contributed by atoms with Crippen LogP contribution in [-0.2, 0) is 17.0 Å². The van der Waals surface area contributed by atoms with Crippen LogP contribution in [0.15, 0.2) is 53.8 Å². The lowest BCUT2D eigenvalue weighted by atomic mass is 9.86. The Morgan fingerprint density at radius 1 is 1.11 bits per heavy atom. The molecule has 1 aliphatic heterocycles. The normalized spacial score (nSPS) is 17.2. The highest BCUT2D eigenvalue weighted by molar-refractivity contribution is 6.35. The first-order chi connectivity index (χ1) is 17.9. The highest BCUT2D eigenvalue weighted by atomic mass is 35.5. The zero-order chi connectivity index (χ0) is 27.8. The highest BCUT2D eigenvalue weighted by Crippen LogP contribution is 2.50. The Morgan fingerprint density at radius 2 is 1.79 bits per heavy atom. The second kappa shape index (κ2) is 10.7. The van der Waals surface area contributed by atoms with Gasteiger partial charge in [0.2, 0.25) is 0 Å². The SMILES string of the molecule is CCN(Cc1ccc(Cl)nc1)C(=O)c1ccc(C2=NOC(c3cc(Cl)c(F)c(Cl)c3)(C(F)(F)F)C2)cc1C. The van der Waals surface area contributed by atoms with Crippen LogP contribution in [0, 0.1) is 12.7 Å². The summed E-state index contributed by atoms with van der Waals surface area (Å²) in [7, 11) is 0. The van der Waals surface area contributed by atoms with E-state index in [0.717, 1.165) is 17.7 Å². The predicted octanol–water partition coefficient (Wildman–Crippen LogP) is 7.73. The second-order valence-corrected chi connectivity index (χ2v) is 9.92. The molecule has 4 rings (SSSR count). The molecule has 200 valence electrons. The van der Waals surface area contributed by atoms with E-state index in [0.29, 0.717) is 34.9 Å².